The molecular formula is C16H22ClFO. The van der Waals surface area contributed by atoms with Crippen molar-refractivity contribution in [2.45, 2.75) is 57.5 Å². The molecule has 1 atom stereocenters. The third kappa shape index (κ3) is 4.47. The van der Waals surface area contributed by atoms with Crippen molar-refractivity contribution in [2.24, 2.45) is 5.92 Å². The Morgan fingerprint density at radius 1 is 1.21 bits per heavy atom. The van der Waals surface area contributed by atoms with E-state index in [-0.39, 0.29) is 5.82 Å². The second kappa shape index (κ2) is 7.25. The van der Waals surface area contributed by atoms with Crippen LogP contribution in [0.1, 0.15) is 50.5 Å². The molecule has 3 heteroatoms. The molecule has 1 N–H and O–H groups in total. The molecule has 106 valence electrons. The molecule has 0 spiro atoms. The van der Waals surface area contributed by atoms with Crippen molar-refractivity contribution < 1.29 is 9.50 Å². The lowest BCUT2D eigenvalue weighted by molar-refractivity contribution is 0.136. The molecule has 1 nitrogen and oxygen atoms in total. The highest BCUT2D eigenvalue weighted by atomic mass is 35.5. The van der Waals surface area contributed by atoms with Gasteiger partial charge < -0.3 is 5.11 Å². The molecule has 1 aliphatic carbocycles. The van der Waals surface area contributed by atoms with Crippen LogP contribution >= 0.6 is 11.6 Å². The first-order chi connectivity index (χ1) is 9.16. The maximum absolute atomic E-state index is 13.7. The van der Waals surface area contributed by atoms with Crippen molar-refractivity contribution in [3.63, 3.8) is 0 Å². The predicted octanol–water partition coefficient (Wildman–Crippen LogP) is 4.74. The van der Waals surface area contributed by atoms with E-state index >= 15 is 0 Å². The lowest BCUT2D eigenvalue weighted by Crippen LogP contribution is -2.17. The van der Waals surface area contributed by atoms with Gasteiger partial charge in [-0.2, -0.15) is 0 Å². The third-order valence-electron chi connectivity index (χ3n) is 4.08. The monoisotopic (exact) mass is 284 g/mol. The molecule has 1 aliphatic rings. The topological polar surface area (TPSA) is 20.2 Å². The lowest BCUT2D eigenvalue weighted by atomic mass is 9.91. The van der Waals surface area contributed by atoms with Gasteiger partial charge in [-0.25, -0.2) is 4.39 Å². The summed E-state index contributed by atoms with van der Waals surface area (Å²) in [6.07, 6.45) is 8.14. The van der Waals surface area contributed by atoms with E-state index in [1.54, 1.807) is 12.1 Å². The van der Waals surface area contributed by atoms with Gasteiger partial charge in [0, 0.05) is 17.0 Å². The third-order valence-corrected chi connectivity index (χ3v) is 4.44. The highest BCUT2D eigenvalue weighted by Gasteiger charge is 2.19. The van der Waals surface area contributed by atoms with Crippen LogP contribution in [0, 0.1) is 11.7 Å². The Morgan fingerprint density at radius 3 is 2.53 bits per heavy atom. The minimum Gasteiger partial charge on any atom is -0.393 e. The molecular weight excluding hydrogens is 263 g/mol. The van der Waals surface area contributed by atoms with E-state index in [0.717, 1.165) is 6.42 Å². The molecule has 1 aromatic carbocycles. The molecule has 1 saturated carbocycles. The van der Waals surface area contributed by atoms with Gasteiger partial charge in [0.1, 0.15) is 5.82 Å². The largest absolute Gasteiger partial charge is 0.393 e. The van der Waals surface area contributed by atoms with Crippen molar-refractivity contribution in [2.75, 3.05) is 0 Å². The first-order valence-electron chi connectivity index (χ1n) is 7.27. The van der Waals surface area contributed by atoms with Crippen LogP contribution in [0.3, 0.4) is 0 Å². The van der Waals surface area contributed by atoms with E-state index in [1.165, 1.54) is 44.6 Å². The summed E-state index contributed by atoms with van der Waals surface area (Å²) in [5.41, 5.74) is 0.449. The zero-order valence-electron chi connectivity index (χ0n) is 11.2. The molecule has 0 saturated heterocycles. The Kier molecular flexibility index (Phi) is 5.65. The summed E-state index contributed by atoms with van der Waals surface area (Å²) < 4.78 is 13.7. The van der Waals surface area contributed by atoms with Gasteiger partial charge in [0.25, 0.3) is 0 Å². The quantitative estimate of drug-likeness (QED) is 0.792. The average Bonchev–Trinajstić information content (AvgIpc) is 2.63. The molecule has 0 amide bonds. The summed E-state index contributed by atoms with van der Waals surface area (Å²) in [4.78, 5) is 0. The lowest BCUT2D eigenvalue weighted by Gasteiger charge is -2.19. The second-order valence-corrected chi connectivity index (χ2v) is 6.06. The van der Waals surface area contributed by atoms with Gasteiger partial charge in [0.2, 0.25) is 0 Å². The zero-order valence-corrected chi connectivity index (χ0v) is 12.0. The van der Waals surface area contributed by atoms with Crippen LogP contribution in [0.25, 0.3) is 0 Å². The number of rotatable bonds is 4. The SMILES string of the molecule is OC(Cc1c(F)cccc1Cl)CC1CCCCCC1. The normalized spacial score (nSPS) is 19.1. The van der Waals surface area contributed by atoms with Gasteiger partial charge in [-0.3, -0.25) is 0 Å². The van der Waals surface area contributed by atoms with Crippen LogP contribution < -0.4 is 0 Å². The molecule has 0 radical (unpaired) electrons. The van der Waals surface area contributed by atoms with Gasteiger partial charge >= 0.3 is 0 Å². The van der Waals surface area contributed by atoms with Crippen LogP contribution in [-0.4, -0.2) is 11.2 Å². The van der Waals surface area contributed by atoms with Crippen LogP contribution in [0.15, 0.2) is 18.2 Å². The van der Waals surface area contributed by atoms with Gasteiger partial charge in [-0.15, -0.1) is 0 Å². The maximum Gasteiger partial charge on any atom is 0.127 e. The maximum atomic E-state index is 13.7. The Balaban J connectivity index is 1.91. The fourth-order valence-corrected chi connectivity index (χ4v) is 3.27. The van der Waals surface area contributed by atoms with Crippen molar-refractivity contribution in [3.8, 4) is 0 Å². The van der Waals surface area contributed by atoms with Crippen molar-refractivity contribution >= 4 is 11.6 Å². The Bertz CT molecular complexity index is 379. The van der Waals surface area contributed by atoms with Crippen molar-refractivity contribution in [1.29, 1.82) is 0 Å². The molecule has 0 aromatic heterocycles. The Morgan fingerprint density at radius 2 is 1.89 bits per heavy atom. The van der Waals surface area contributed by atoms with Crippen LogP contribution in [-0.2, 0) is 6.42 Å². The van der Waals surface area contributed by atoms with E-state index < -0.39 is 6.10 Å². The molecule has 1 unspecified atom stereocenters. The molecule has 19 heavy (non-hydrogen) atoms. The van der Waals surface area contributed by atoms with E-state index in [1.807, 2.05) is 0 Å². The highest BCUT2D eigenvalue weighted by molar-refractivity contribution is 6.31. The number of aliphatic hydroxyl groups excluding tert-OH is 1. The number of hydrogen-bond acceptors (Lipinski definition) is 1. The minimum absolute atomic E-state index is 0.313. The number of aliphatic hydroxyl groups is 1. The molecule has 0 aliphatic heterocycles. The van der Waals surface area contributed by atoms with Crippen LogP contribution in [0.5, 0.6) is 0 Å². The number of hydrogen-bond donors (Lipinski definition) is 1. The van der Waals surface area contributed by atoms with Gasteiger partial charge in [0.05, 0.1) is 6.10 Å². The first-order valence-corrected chi connectivity index (χ1v) is 7.65. The Labute approximate surface area is 119 Å². The van der Waals surface area contributed by atoms with Crippen LogP contribution in [0.2, 0.25) is 5.02 Å². The summed E-state index contributed by atoms with van der Waals surface area (Å²) in [5.74, 6) is 0.274. The Hall–Kier alpha value is -0.600. The fourth-order valence-electron chi connectivity index (χ4n) is 3.03. The smallest absolute Gasteiger partial charge is 0.127 e. The van der Waals surface area contributed by atoms with Crippen molar-refractivity contribution in [3.05, 3.63) is 34.6 Å². The standard InChI is InChI=1S/C16H22ClFO/c17-15-8-5-9-16(18)14(15)11-13(19)10-12-6-3-1-2-4-7-12/h5,8-9,12-13,19H,1-4,6-7,10-11H2. The molecule has 0 heterocycles. The first kappa shape index (κ1) is 14.8. The van der Waals surface area contributed by atoms with E-state index in [9.17, 15) is 9.50 Å². The summed E-state index contributed by atoms with van der Waals surface area (Å²) in [7, 11) is 0. The zero-order chi connectivity index (χ0) is 13.7. The summed E-state index contributed by atoms with van der Waals surface area (Å²) in [5, 5.41) is 10.6. The summed E-state index contributed by atoms with van der Waals surface area (Å²) in [6.45, 7) is 0. The summed E-state index contributed by atoms with van der Waals surface area (Å²) >= 11 is 5.99. The highest BCUT2D eigenvalue weighted by Crippen LogP contribution is 2.28. The van der Waals surface area contributed by atoms with Crippen LogP contribution in [0.4, 0.5) is 4.39 Å². The fraction of sp³-hybridized carbons (Fsp3) is 0.625. The molecule has 2 rings (SSSR count). The van der Waals surface area contributed by atoms with E-state index in [0.29, 0.717) is 22.9 Å². The van der Waals surface area contributed by atoms with Gasteiger partial charge in [-0.05, 0) is 24.5 Å². The van der Waals surface area contributed by atoms with Gasteiger partial charge in [-0.1, -0.05) is 56.2 Å². The molecule has 1 fully saturated rings. The average molecular weight is 285 g/mol. The van der Waals surface area contributed by atoms with E-state index in [4.69, 9.17) is 11.6 Å². The number of benzene rings is 1. The number of halogens is 2. The van der Waals surface area contributed by atoms with Crippen molar-refractivity contribution in [1.82, 2.24) is 0 Å². The van der Waals surface area contributed by atoms with Gasteiger partial charge in [0.15, 0.2) is 0 Å². The summed E-state index contributed by atoms with van der Waals surface area (Å²) in [6, 6.07) is 4.68. The molecule has 0 bridgehead atoms. The van der Waals surface area contributed by atoms with E-state index in [2.05, 4.69) is 0 Å². The second-order valence-electron chi connectivity index (χ2n) is 5.65. The molecule has 1 aromatic rings. The minimum atomic E-state index is -0.488. The predicted molar refractivity (Wildman–Crippen MR) is 76.9 cm³/mol.